The molecule has 0 saturated carbocycles. The van der Waals surface area contributed by atoms with Crippen molar-refractivity contribution in [1.82, 2.24) is 10.1 Å². The van der Waals surface area contributed by atoms with Crippen LogP contribution in [0.15, 0.2) is 34.9 Å². The Morgan fingerprint density at radius 3 is 2.43 bits per heavy atom. The van der Waals surface area contributed by atoms with Gasteiger partial charge in [-0.15, -0.1) is 0 Å². The monoisotopic (exact) mass is 289 g/mol. The second kappa shape index (κ2) is 6.83. The first-order valence-electron chi connectivity index (χ1n) is 7.34. The molecule has 2 aromatic rings. The second-order valence-electron chi connectivity index (χ2n) is 5.07. The zero-order chi connectivity index (χ0) is 15.3. The Bertz CT molecular complexity index is 546. The van der Waals surface area contributed by atoms with Gasteiger partial charge < -0.3 is 15.0 Å². The summed E-state index contributed by atoms with van der Waals surface area (Å²) in [6.45, 7) is 4.60. The molecule has 2 rings (SSSR count). The van der Waals surface area contributed by atoms with E-state index < -0.39 is 0 Å². The Labute approximate surface area is 125 Å². The number of methoxy groups -OCH3 is 1. The lowest BCUT2D eigenvalue weighted by atomic mass is 9.75. The molecular weight excluding hydrogens is 266 g/mol. The van der Waals surface area contributed by atoms with Crippen molar-refractivity contribution in [3.8, 4) is 0 Å². The van der Waals surface area contributed by atoms with E-state index in [9.17, 15) is 0 Å². The van der Waals surface area contributed by atoms with Crippen LogP contribution in [0, 0.1) is 0 Å². The fourth-order valence-electron chi connectivity index (χ4n) is 2.72. The fraction of sp³-hybridized carbons (Fsp3) is 0.500. The Morgan fingerprint density at radius 1 is 1.24 bits per heavy atom. The number of rotatable bonds is 7. The number of ether oxygens (including phenoxy) is 1. The molecular formula is C16H23N3O2. The van der Waals surface area contributed by atoms with Crippen LogP contribution in [-0.2, 0) is 10.2 Å². The van der Waals surface area contributed by atoms with Crippen LogP contribution < -0.4 is 5.73 Å². The van der Waals surface area contributed by atoms with E-state index in [2.05, 4.69) is 36.1 Å². The first-order valence-corrected chi connectivity index (χ1v) is 7.34. The molecule has 5 nitrogen and oxygen atoms in total. The molecule has 5 heteroatoms. The standard InChI is InChI=1S/C16H23N3O2/c1-4-16(5-2,12-9-7-6-8-10-12)15-18-14(21-19-15)13(11-17)20-3/h6-10,13H,4-5,11,17H2,1-3H3. The van der Waals surface area contributed by atoms with E-state index in [1.54, 1.807) is 7.11 Å². The highest BCUT2D eigenvalue weighted by molar-refractivity contribution is 5.32. The van der Waals surface area contributed by atoms with Gasteiger partial charge in [0.1, 0.15) is 6.10 Å². The lowest BCUT2D eigenvalue weighted by molar-refractivity contribution is 0.0803. The molecule has 0 bridgehead atoms. The first-order chi connectivity index (χ1) is 10.2. The summed E-state index contributed by atoms with van der Waals surface area (Å²) < 4.78 is 10.6. The summed E-state index contributed by atoms with van der Waals surface area (Å²) in [5.74, 6) is 1.14. The molecule has 1 heterocycles. The van der Waals surface area contributed by atoms with E-state index >= 15 is 0 Å². The van der Waals surface area contributed by atoms with E-state index in [0.717, 1.165) is 12.8 Å². The van der Waals surface area contributed by atoms with Gasteiger partial charge in [-0.05, 0) is 18.4 Å². The fourth-order valence-corrected chi connectivity index (χ4v) is 2.72. The SMILES string of the molecule is CCC(CC)(c1ccccc1)c1noc(C(CN)OC)n1. The predicted molar refractivity (Wildman–Crippen MR) is 80.9 cm³/mol. The number of nitrogens with zero attached hydrogens (tertiary/aromatic N) is 2. The largest absolute Gasteiger partial charge is 0.370 e. The number of hydrogen-bond acceptors (Lipinski definition) is 5. The van der Waals surface area contributed by atoms with Crippen LogP contribution in [0.2, 0.25) is 0 Å². The molecule has 0 amide bonds. The molecule has 0 aliphatic carbocycles. The number of benzene rings is 1. The van der Waals surface area contributed by atoms with Crippen LogP contribution in [0.4, 0.5) is 0 Å². The van der Waals surface area contributed by atoms with E-state index in [-0.39, 0.29) is 11.5 Å². The zero-order valence-corrected chi connectivity index (χ0v) is 12.9. The molecule has 0 saturated heterocycles. The molecule has 0 spiro atoms. The van der Waals surface area contributed by atoms with Crippen LogP contribution >= 0.6 is 0 Å². The highest BCUT2D eigenvalue weighted by Gasteiger charge is 2.36. The lowest BCUT2D eigenvalue weighted by Gasteiger charge is -2.28. The van der Waals surface area contributed by atoms with Crippen molar-refractivity contribution >= 4 is 0 Å². The first kappa shape index (κ1) is 15.7. The van der Waals surface area contributed by atoms with Crippen molar-refractivity contribution in [2.75, 3.05) is 13.7 Å². The third kappa shape index (κ3) is 2.84. The maximum absolute atomic E-state index is 5.66. The molecule has 0 aliphatic heterocycles. The molecule has 114 valence electrons. The van der Waals surface area contributed by atoms with Crippen molar-refractivity contribution < 1.29 is 9.26 Å². The van der Waals surface area contributed by atoms with Crippen LogP contribution in [0.5, 0.6) is 0 Å². The Morgan fingerprint density at radius 2 is 1.90 bits per heavy atom. The van der Waals surface area contributed by atoms with Crippen molar-refractivity contribution in [3.63, 3.8) is 0 Å². The Hall–Kier alpha value is -1.72. The summed E-state index contributed by atoms with van der Waals surface area (Å²) >= 11 is 0. The Kier molecular flexibility index (Phi) is 5.09. The summed E-state index contributed by atoms with van der Waals surface area (Å²) in [6, 6.07) is 10.3. The molecule has 2 N–H and O–H groups in total. The minimum absolute atomic E-state index is 0.240. The molecule has 1 aromatic heterocycles. The molecule has 1 unspecified atom stereocenters. The van der Waals surface area contributed by atoms with Crippen LogP contribution in [0.3, 0.4) is 0 Å². The average molecular weight is 289 g/mol. The average Bonchev–Trinajstić information content (AvgIpc) is 3.02. The van der Waals surface area contributed by atoms with Gasteiger partial charge in [0.25, 0.3) is 5.89 Å². The normalized spacial score (nSPS) is 13.3. The topological polar surface area (TPSA) is 74.2 Å². The third-order valence-electron chi connectivity index (χ3n) is 4.18. The van der Waals surface area contributed by atoms with Crippen LogP contribution in [0.1, 0.15) is 50.1 Å². The van der Waals surface area contributed by atoms with E-state index in [1.807, 2.05) is 18.2 Å². The number of nitrogens with two attached hydrogens (primary N) is 1. The van der Waals surface area contributed by atoms with Gasteiger partial charge in [-0.3, -0.25) is 0 Å². The zero-order valence-electron chi connectivity index (χ0n) is 12.9. The molecule has 0 aliphatic rings. The highest BCUT2D eigenvalue weighted by Crippen LogP contribution is 2.37. The maximum Gasteiger partial charge on any atom is 0.257 e. The summed E-state index contributed by atoms with van der Waals surface area (Å²) in [5, 5.41) is 4.20. The molecule has 0 fully saturated rings. The quantitative estimate of drug-likeness (QED) is 0.848. The smallest absolute Gasteiger partial charge is 0.257 e. The van der Waals surface area contributed by atoms with Gasteiger partial charge in [0, 0.05) is 13.7 Å². The van der Waals surface area contributed by atoms with Crippen molar-refractivity contribution in [1.29, 1.82) is 0 Å². The highest BCUT2D eigenvalue weighted by atomic mass is 16.5. The molecule has 1 atom stereocenters. The summed E-state index contributed by atoms with van der Waals surface area (Å²) in [4.78, 5) is 4.56. The third-order valence-corrected chi connectivity index (χ3v) is 4.18. The molecule has 0 radical (unpaired) electrons. The lowest BCUT2D eigenvalue weighted by Crippen LogP contribution is -2.27. The van der Waals surface area contributed by atoms with Crippen molar-refractivity contribution in [3.05, 3.63) is 47.6 Å². The van der Waals surface area contributed by atoms with E-state index in [4.69, 9.17) is 15.0 Å². The van der Waals surface area contributed by atoms with Gasteiger partial charge in [0.2, 0.25) is 0 Å². The minimum atomic E-state index is -0.353. The van der Waals surface area contributed by atoms with Crippen molar-refractivity contribution in [2.24, 2.45) is 5.73 Å². The van der Waals surface area contributed by atoms with Crippen molar-refractivity contribution in [2.45, 2.75) is 38.2 Å². The van der Waals surface area contributed by atoms with Crippen LogP contribution in [-0.4, -0.2) is 23.8 Å². The summed E-state index contributed by atoms with van der Waals surface area (Å²) in [5.41, 5.74) is 6.62. The van der Waals surface area contributed by atoms with Gasteiger partial charge in [-0.25, -0.2) is 0 Å². The van der Waals surface area contributed by atoms with Gasteiger partial charge in [0.15, 0.2) is 5.82 Å². The predicted octanol–water partition coefficient (Wildman–Crippen LogP) is 2.82. The van der Waals surface area contributed by atoms with Gasteiger partial charge in [-0.2, -0.15) is 4.98 Å². The summed E-state index contributed by atoms with van der Waals surface area (Å²) in [7, 11) is 1.59. The molecule has 21 heavy (non-hydrogen) atoms. The van der Waals surface area contributed by atoms with Crippen LogP contribution in [0.25, 0.3) is 0 Å². The second-order valence-corrected chi connectivity index (χ2v) is 5.07. The molecule has 1 aromatic carbocycles. The number of aromatic nitrogens is 2. The van der Waals surface area contributed by atoms with E-state index in [0.29, 0.717) is 18.3 Å². The summed E-state index contributed by atoms with van der Waals surface area (Å²) in [6.07, 6.45) is 1.44. The maximum atomic E-state index is 5.66. The number of hydrogen-bond donors (Lipinski definition) is 1. The Balaban J connectivity index is 2.44. The van der Waals surface area contributed by atoms with Gasteiger partial charge in [0.05, 0.1) is 5.41 Å². The van der Waals surface area contributed by atoms with Gasteiger partial charge in [-0.1, -0.05) is 49.3 Å². The van der Waals surface area contributed by atoms with E-state index in [1.165, 1.54) is 5.56 Å². The minimum Gasteiger partial charge on any atom is -0.370 e. The van der Waals surface area contributed by atoms with Gasteiger partial charge >= 0.3 is 0 Å².